The number of anilines is 1. The zero-order valence-electron chi connectivity index (χ0n) is 17.9. The number of ether oxygens (including phenoxy) is 2. The van der Waals surface area contributed by atoms with Crippen molar-refractivity contribution in [3.63, 3.8) is 0 Å². The van der Waals surface area contributed by atoms with Crippen LogP contribution in [-0.2, 0) is 9.53 Å². The van der Waals surface area contributed by atoms with Crippen molar-refractivity contribution in [3.05, 3.63) is 54.1 Å². The molecule has 0 saturated heterocycles. The molecule has 3 aromatic rings. The van der Waals surface area contributed by atoms with E-state index < -0.39 is 0 Å². The molecule has 1 aromatic heterocycles. The van der Waals surface area contributed by atoms with E-state index in [1.807, 2.05) is 76.2 Å². The van der Waals surface area contributed by atoms with Crippen LogP contribution in [0.5, 0.6) is 6.01 Å². The van der Waals surface area contributed by atoms with Gasteiger partial charge in [-0.15, -0.1) is 5.10 Å². The lowest BCUT2D eigenvalue weighted by atomic mass is 10.1. The van der Waals surface area contributed by atoms with Crippen LogP contribution >= 0.6 is 0 Å². The second kappa shape index (κ2) is 10.0. The highest BCUT2D eigenvalue weighted by Crippen LogP contribution is 2.26. The second-order valence-corrected chi connectivity index (χ2v) is 7.18. The first-order valence-corrected chi connectivity index (χ1v) is 10.1. The van der Waals surface area contributed by atoms with Gasteiger partial charge in [0, 0.05) is 23.8 Å². The number of hydrogen-bond donors (Lipinski definition) is 1. The molecule has 0 fully saturated rings. The van der Waals surface area contributed by atoms with Gasteiger partial charge in [-0.3, -0.25) is 4.79 Å². The highest BCUT2D eigenvalue weighted by Gasteiger charge is 2.16. The lowest BCUT2D eigenvalue weighted by Crippen LogP contribution is -2.17. The van der Waals surface area contributed by atoms with Crippen LogP contribution in [0, 0.1) is 12.8 Å². The highest BCUT2D eigenvalue weighted by molar-refractivity contribution is 5.92. The Morgan fingerprint density at radius 2 is 1.83 bits per heavy atom. The maximum atomic E-state index is 11.9. The molecule has 158 valence electrons. The average Bonchev–Trinajstić information content (AvgIpc) is 3.16. The lowest BCUT2D eigenvalue weighted by Gasteiger charge is -2.10. The van der Waals surface area contributed by atoms with Crippen molar-refractivity contribution >= 4 is 11.6 Å². The normalized spacial score (nSPS) is 11.0. The fourth-order valence-corrected chi connectivity index (χ4v) is 2.84. The number of hydrogen-bond acceptors (Lipinski definition) is 5. The van der Waals surface area contributed by atoms with E-state index in [0.717, 1.165) is 22.5 Å². The molecule has 0 spiro atoms. The molecule has 1 N–H and O–H groups in total. The Hall–Kier alpha value is -3.19. The summed E-state index contributed by atoms with van der Waals surface area (Å²) in [6.45, 7) is 9.20. The van der Waals surface area contributed by atoms with Crippen molar-refractivity contribution in [3.8, 4) is 23.1 Å². The molecule has 1 heterocycles. The van der Waals surface area contributed by atoms with Gasteiger partial charge in [0.2, 0.25) is 5.91 Å². The predicted octanol–water partition coefficient (Wildman–Crippen LogP) is 4.25. The zero-order valence-corrected chi connectivity index (χ0v) is 17.9. The smallest absolute Gasteiger partial charge is 0.336 e. The summed E-state index contributed by atoms with van der Waals surface area (Å²) in [5.74, 6) is 0.594. The molecule has 1 amide bonds. The predicted molar refractivity (Wildman–Crippen MR) is 117 cm³/mol. The summed E-state index contributed by atoms with van der Waals surface area (Å²) in [5, 5.41) is 7.45. The van der Waals surface area contributed by atoms with Crippen molar-refractivity contribution in [2.24, 2.45) is 5.92 Å². The van der Waals surface area contributed by atoms with Crippen LogP contribution < -0.4 is 10.1 Å². The van der Waals surface area contributed by atoms with E-state index in [9.17, 15) is 4.79 Å². The standard InChI is InChI=1S/C23H28N4O3/c1-5-29-14-15-30-23-25-21(20-9-7-6-8-17(20)4)27(26-23)19-12-10-18(11-13-19)24-22(28)16(2)3/h6-13,16H,5,14-15H2,1-4H3,(H,24,28). The van der Waals surface area contributed by atoms with Gasteiger partial charge < -0.3 is 14.8 Å². The maximum absolute atomic E-state index is 11.9. The van der Waals surface area contributed by atoms with Gasteiger partial charge in [-0.05, 0) is 43.7 Å². The van der Waals surface area contributed by atoms with Crippen molar-refractivity contribution in [2.45, 2.75) is 27.7 Å². The summed E-state index contributed by atoms with van der Waals surface area (Å²) in [6, 6.07) is 15.8. The molecule has 0 aliphatic rings. The van der Waals surface area contributed by atoms with Crippen molar-refractivity contribution in [1.82, 2.24) is 14.8 Å². The summed E-state index contributed by atoms with van der Waals surface area (Å²) in [6.07, 6.45) is 0. The van der Waals surface area contributed by atoms with Crippen LogP contribution in [-0.4, -0.2) is 40.5 Å². The molecule has 7 nitrogen and oxygen atoms in total. The Morgan fingerprint density at radius 1 is 1.10 bits per heavy atom. The largest absolute Gasteiger partial charge is 0.460 e. The molecule has 0 unspecified atom stereocenters. The minimum absolute atomic E-state index is 0.0194. The van der Waals surface area contributed by atoms with Crippen LogP contribution in [0.1, 0.15) is 26.3 Å². The first-order valence-electron chi connectivity index (χ1n) is 10.1. The number of carbonyl (C=O) groups is 1. The van der Waals surface area contributed by atoms with Crippen molar-refractivity contribution in [2.75, 3.05) is 25.1 Å². The van der Waals surface area contributed by atoms with Gasteiger partial charge in [-0.2, -0.15) is 4.98 Å². The molecule has 0 aliphatic carbocycles. The second-order valence-electron chi connectivity index (χ2n) is 7.18. The van der Waals surface area contributed by atoms with Gasteiger partial charge >= 0.3 is 6.01 Å². The SMILES string of the molecule is CCOCCOc1nc(-c2ccccc2C)n(-c2ccc(NC(=O)C(C)C)cc2)n1. The van der Waals surface area contributed by atoms with Crippen LogP contribution in [0.25, 0.3) is 17.1 Å². The van der Waals surface area contributed by atoms with E-state index in [0.29, 0.717) is 31.7 Å². The zero-order chi connectivity index (χ0) is 21.5. The number of aryl methyl sites for hydroxylation is 1. The third kappa shape index (κ3) is 5.24. The van der Waals surface area contributed by atoms with E-state index in [-0.39, 0.29) is 11.8 Å². The summed E-state index contributed by atoms with van der Waals surface area (Å²) in [4.78, 5) is 16.5. The maximum Gasteiger partial charge on any atom is 0.336 e. The number of benzene rings is 2. The number of nitrogens with zero attached hydrogens (tertiary/aromatic N) is 3. The molecule has 7 heteroatoms. The summed E-state index contributed by atoms with van der Waals surface area (Å²) in [5.41, 5.74) is 3.63. The third-order valence-corrected chi connectivity index (χ3v) is 4.54. The summed E-state index contributed by atoms with van der Waals surface area (Å²) in [7, 11) is 0. The molecule has 3 rings (SSSR count). The van der Waals surface area contributed by atoms with Crippen LogP contribution in [0.4, 0.5) is 5.69 Å². The first kappa shape index (κ1) is 21.5. The third-order valence-electron chi connectivity index (χ3n) is 4.54. The Labute approximate surface area is 177 Å². The van der Waals surface area contributed by atoms with Crippen molar-refractivity contribution < 1.29 is 14.3 Å². The van der Waals surface area contributed by atoms with Gasteiger partial charge in [0.05, 0.1) is 12.3 Å². The average molecular weight is 409 g/mol. The number of amides is 1. The highest BCUT2D eigenvalue weighted by atomic mass is 16.5. The van der Waals surface area contributed by atoms with E-state index in [2.05, 4.69) is 15.4 Å². The minimum atomic E-state index is -0.0796. The lowest BCUT2D eigenvalue weighted by molar-refractivity contribution is -0.118. The number of rotatable bonds is 9. The van der Waals surface area contributed by atoms with Crippen molar-refractivity contribution in [1.29, 1.82) is 0 Å². The quantitative estimate of drug-likeness (QED) is 0.536. The van der Waals surface area contributed by atoms with E-state index in [4.69, 9.17) is 9.47 Å². The molecule has 0 atom stereocenters. The van der Waals surface area contributed by atoms with E-state index in [1.165, 1.54) is 0 Å². The van der Waals surface area contributed by atoms with E-state index in [1.54, 1.807) is 4.68 Å². The fraction of sp³-hybridized carbons (Fsp3) is 0.348. The van der Waals surface area contributed by atoms with Gasteiger partial charge in [0.15, 0.2) is 5.82 Å². The molecule has 2 aromatic carbocycles. The van der Waals surface area contributed by atoms with Crippen LogP contribution in [0.2, 0.25) is 0 Å². The molecule has 0 radical (unpaired) electrons. The Kier molecular flexibility index (Phi) is 7.19. The molecular formula is C23H28N4O3. The fourth-order valence-electron chi connectivity index (χ4n) is 2.84. The monoisotopic (exact) mass is 408 g/mol. The summed E-state index contributed by atoms with van der Waals surface area (Å²) >= 11 is 0. The first-order chi connectivity index (χ1) is 14.5. The molecule has 0 saturated carbocycles. The molecular weight excluding hydrogens is 380 g/mol. The van der Waals surface area contributed by atoms with Gasteiger partial charge in [0.1, 0.15) is 6.61 Å². The van der Waals surface area contributed by atoms with Crippen LogP contribution in [0.3, 0.4) is 0 Å². The molecule has 30 heavy (non-hydrogen) atoms. The number of aromatic nitrogens is 3. The Morgan fingerprint density at radius 3 is 2.50 bits per heavy atom. The van der Waals surface area contributed by atoms with Crippen LogP contribution in [0.15, 0.2) is 48.5 Å². The summed E-state index contributed by atoms with van der Waals surface area (Å²) < 4.78 is 12.8. The molecule has 0 bridgehead atoms. The van der Waals surface area contributed by atoms with Gasteiger partial charge in [-0.1, -0.05) is 38.1 Å². The Bertz CT molecular complexity index is 980. The Balaban J connectivity index is 1.91. The van der Waals surface area contributed by atoms with Gasteiger partial charge in [0.25, 0.3) is 0 Å². The van der Waals surface area contributed by atoms with E-state index >= 15 is 0 Å². The number of carbonyl (C=O) groups excluding carboxylic acids is 1. The van der Waals surface area contributed by atoms with Gasteiger partial charge in [-0.25, -0.2) is 4.68 Å². The topological polar surface area (TPSA) is 78.3 Å². The minimum Gasteiger partial charge on any atom is -0.460 e. The number of nitrogens with one attached hydrogen (secondary N) is 1. The molecule has 0 aliphatic heterocycles.